The molecule has 1 aromatic heterocycles. The number of benzene rings is 2. The van der Waals surface area contributed by atoms with Gasteiger partial charge in [-0.2, -0.15) is 0 Å². The number of aromatic nitrogens is 1. The average Bonchev–Trinajstić information content (AvgIpc) is 2.81. The van der Waals surface area contributed by atoms with E-state index in [4.69, 9.17) is 4.42 Å². The Morgan fingerprint density at radius 1 is 1.11 bits per heavy atom. The number of carbonyl (C=O) groups excluding carboxylic acids is 1. The smallest absolute Gasteiger partial charge is 0.203 e. The van der Waals surface area contributed by atoms with E-state index in [1.54, 1.807) is 0 Å². The van der Waals surface area contributed by atoms with Crippen LogP contribution in [0.4, 0.5) is 0 Å². The second-order valence-electron chi connectivity index (χ2n) is 4.18. The predicted octanol–water partition coefficient (Wildman–Crippen LogP) is 3.86. The number of oxazole rings is 1. The third kappa shape index (κ3) is 2.68. The maximum atomic E-state index is 12.1. The van der Waals surface area contributed by atoms with Crippen LogP contribution in [0.2, 0.25) is 0 Å². The molecule has 19 heavy (non-hydrogen) atoms. The van der Waals surface area contributed by atoms with E-state index >= 15 is 0 Å². The van der Waals surface area contributed by atoms with Crippen LogP contribution in [-0.4, -0.2) is 10.8 Å². The molecule has 3 nitrogen and oxygen atoms in total. The van der Waals surface area contributed by atoms with Crippen molar-refractivity contribution in [3.63, 3.8) is 0 Å². The monoisotopic (exact) mass is 363 g/mol. The molecule has 0 radical (unpaired) electrons. The molecule has 4 heteroatoms. The van der Waals surface area contributed by atoms with E-state index in [0.29, 0.717) is 17.0 Å². The molecule has 1 heterocycles. The quantitative estimate of drug-likeness (QED) is 0.524. The van der Waals surface area contributed by atoms with E-state index in [2.05, 4.69) is 27.6 Å². The van der Waals surface area contributed by atoms with Crippen LogP contribution in [0.25, 0.3) is 11.1 Å². The molecule has 0 unspecified atom stereocenters. The molecule has 0 atom stereocenters. The van der Waals surface area contributed by atoms with Gasteiger partial charge in [-0.05, 0) is 46.9 Å². The minimum atomic E-state index is 0.0166. The van der Waals surface area contributed by atoms with Gasteiger partial charge in [-0.1, -0.05) is 24.3 Å². The van der Waals surface area contributed by atoms with E-state index in [-0.39, 0.29) is 12.2 Å². The Morgan fingerprint density at radius 2 is 1.84 bits per heavy atom. The lowest BCUT2D eigenvalue weighted by molar-refractivity contribution is 0.0986. The van der Waals surface area contributed by atoms with Gasteiger partial charge < -0.3 is 4.42 Å². The lowest BCUT2D eigenvalue weighted by Crippen LogP contribution is -2.03. The van der Waals surface area contributed by atoms with Crippen molar-refractivity contribution >= 4 is 39.5 Å². The Balaban J connectivity index is 1.84. The summed E-state index contributed by atoms with van der Waals surface area (Å²) < 4.78 is 6.66. The Bertz CT molecular complexity index is 698. The van der Waals surface area contributed by atoms with Crippen molar-refractivity contribution in [3.8, 4) is 0 Å². The maximum Gasteiger partial charge on any atom is 0.203 e. The van der Waals surface area contributed by atoms with Crippen LogP contribution < -0.4 is 0 Å². The molecule has 2 aromatic carbocycles. The van der Waals surface area contributed by atoms with Gasteiger partial charge in [0.05, 0.1) is 6.42 Å². The van der Waals surface area contributed by atoms with Gasteiger partial charge in [0, 0.05) is 9.13 Å². The fraction of sp³-hybridized carbons (Fsp3) is 0.0667. The molecule has 94 valence electrons. The van der Waals surface area contributed by atoms with Crippen LogP contribution in [0.1, 0.15) is 16.2 Å². The lowest BCUT2D eigenvalue weighted by Gasteiger charge is -1.98. The highest BCUT2D eigenvalue weighted by molar-refractivity contribution is 14.1. The molecule has 0 aliphatic carbocycles. The van der Waals surface area contributed by atoms with Crippen LogP contribution in [0.5, 0.6) is 0 Å². The normalized spacial score (nSPS) is 10.8. The van der Waals surface area contributed by atoms with E-state index < -0.39 is 0 Å². The largest absolute Gasteiger partial charge is 0.440 e. The topological polar surface area (TPSA) is 43.1 Å². The van der Waals surface area contributed by atoms with Crippen molar-refractivity contribution in [1.82, 2.24) is 4.98 Å². The molecule has 0 fully saturated rings. The van der Waals surface area contributed by atoms with Crippen molar-refractivity contribution < 1.29 is 9.21 Å². The zero-order valence-corrected chi connectivity index (χ0v) is 12.1. The predicted molar refractivity (Wildman–Crippen MR) is 81.2 cm³/mol. The number of halogens is 1. The molecular formula is C15H10INO2. The number of fused-ring (bicyclic) bond motifs is 1. The number of hydrogen-bond acceptors (Lipinski definition) is 3. The first kappa shape index (κ1) is 12.3. The first-order chi connectivity index (χ1) is 9.22. The third-order valence-corrected chi connectivity index (χ3v) is 3.54. The third-order valence-electron chi connectivity index (χ3n) is 2.82. The van der Waals surface area contributed by atoms with Gasteiger partial charge in [-0.15, -0.1) is 0 Å². The van der Waals surface area contributed by atoms with Crippen molar-refractivity contribution in [3.05, 3.63) is 63.6 Å². The zero-order chi connectivity index (χ0) is 13.2. The van der Waals surface area contributed by atoms with Crippen LogP contribution in [-0.2, 0) is 6.42 Å². The molecule has 0 spiro atoms. The van der Waals surface area contributed by atoms with E-state index in [0.717, 1.165) is 9.09 Å². The Kier molecular flexibility index (Phi) is 3.33. The highest BCUT2D eigenvalue weighted by Crippen LogP contribution is 2.16. The number of Topliss-reactive ketones (excluding diaryl/α,β-unsaturated/α-hetero) is 1. The van der Waals surface area contributed by atoms with Crippen molar-refractivity contribution in [2.24, 2.45) is 0 Å². The molecule has 0 aliphatic heterocycles. The minimum absolute atomic E-state index is 0.0166. The maximum absolute atomic E-state index is 12.1. The molecule has 0 saturated heterocycles. The number of nitrogens with zero attached hydrogens (tertiary/aromatic N) is 1. The minimum Gasteiger partial charge on any atom is -0.440 e. The van der Waals surface area contributed by atoms with Gasteiger partial charge in [-0.25, -0.2) is 4.98 Å². The fourth-order valence-corrected chi connectivity index (χ4v) is 2.23. The highest BCUT2D eigenvalue weighted by Gasteiger charge is 2.12. The molecule has 0 saturated carbocycles. The first-order valence-corrected chi connectivity index (χ1v) is 6.93. The van der Waals surface area contributed by atoms with Gasteiger partial charge in [0.2, 0.25) is 5.89 Å². The SMILES string of the molecule is O=C(Cc1nc2ccccc2o1)c1ccc(I)cc1. The van der Waals surface area contributed by atoms with Crippen LogP contribution >= 0.6 is 22.6 Å². The summed E-state index contributed by atoms with van der Waals surface area (Å²) >= 11 is 2.21. The zero-order valence-electron chi connectivity index (χ0n) is 9.97. The molecule has 3 rings (SSSR count). The fourth-order valence-electron chi connectivity index (χ4n) is 1.87. The molecule has 0 N–H and O–H groups in total. The highest BCUT2D eigenvalue weighted by atomic mass is 127. The van der Waals surface area contributed by atoms with Crippen molar-refractivity contribution in [2.45, 2.75) is 6.42 Å². The first-order valence-electron chi connectivity index (χ1n) is 5.85. The lowest BCUT2D eigenvalue weighted by atomic mass is 10.1. The summed E-state index contributed by atoms with van der Waals surface area (Å²) in [6.45, 7) is 0. The summed E-state index contributed by atoms with van der Waals surface area (Å²) in [4.78, 5) is 16.4. The van der Waals surface area contributed by atoms with Gasteiger partial charge in [0.25, 0.3) is 0 Å². The van der Waals surface area contributed by atoms with Crippen LogP contribution in [0, 0.1) is 3.57 Å². The number of para-hydroxylation sites is 2. The molecule has 0 amide bonds. The molecule has 0 bridgehead atoms. The van der Waals surface area contributed by atoms with Gasteiger partial charge >= 0.3 is 0 Å². The van der Waals surface area contributed by atoms with E-state index in [1.807, 2.05) is 48.5 Å². The standard InChI is InChI=1S/C15H10INO2/c16-11-7-5-10(6-8-11)13(18)9-15-17-12-3-1-2-4-14(12)19-15/h1-8H,9H2. The van der Waals surface area contributed by atoms with Crippen LogP contribution in [0.15, 0.2) is 52.9 Å². The summed E-state index contributed by atoms with van der Waals surface area (Å²) in [6.07, 6.45) is 0.190. The van der Waals surface area contributed by atoms with Gasteiger partial charge in [-0.3, -0.25) is 4.79 Å². The van der Waals surface area contributed by atoms with Gasteiger partial charge in [0.15, 0.2) is 11.4 Å². The summed E-state index contributed by atoms with van der Waals surface area (Å²) in [5.74, 6) is 0.479. The Morgan fingerprint density at radius 3 is 2.58 bits per heavy atom. The molecule has 0 aliphatic rings. The van der Waals surface area contributed by atoms with Crippen molar-refractivity contribution in [1.29, 1.82) is 0 Å². The number of rotatable bonds is 3. The molecule has 3 aromatic rings. The van der Waals surface area contributed by atoms with E-state index in [1.165, 1.54) is 0 Å². The number of hydrogen-bond donors (Lipinski definition) is 0. The van der Waals surface area contributed by atoms with E-state index in [9.17, 15) is 4.79 Å². The average molecular weight is 363 g/mol. The second-order valence-corrected chi connectivity index (χ2v) is 5.43. The summed E-state index contributed by atoms with van der Waals surface area (Å²) in [5.41, 5.74) is 2.18. The summed E-state index contributed by atoms with van der Waals surface area (Å²) in [7, 11) is 0. The van der Waals surface area contributed by atoms with Gasteiger partial charge in [0.1, 0.15) is 5.52 Å². The summed E-state index contributed by atoms with van der Waals surface area (Å²) in [6, 6.07) is 15.0. The molecular weight excluding hydrogens is 353 g/mol. The Labute approximate surface area is 123 Å². The second kappa shape index (κ2) is 5.13. The van der Waals surface area contributed by atoms with Crippen LogP contribution in [0.3, 0.4) is 0 Å². The number of carbonyl (C=O) groups is 1. The summed E-state index contributed by atoms with van der Waals surface area (Å²) in [5, 5.41) is 0. The Hall–Kier alpha value is -1.69. The number of ketones is 1. The van der Waals surface area contributed by atoms with Crippen molar-refractivity contribution in [2.75, 3.05) is 0 Å².